The van der Waals surface area contributed by atoms with Crippen LogP contribution in [0.1, 0.15) is 61.3 Å². The van der Waals surface area contributed by atoms with Crippen LogP contribution in [0.3, 0.4) is 0 Å². The monoisotopic (exact) mass is 323 g/mol. The minimum atomic E-state index is -0.0365. The third-order valence-electron chi connectivity index (χ3n) is 5.56. The highest BCUT2D eigenvalue weighted by molar-refractivity contribution is 5.95. The standard InChI is InChI=1S/C20H25N3O/c1-20(2)13-14-22(20)19(24)18-16-11-7-4-8-12-17(16)23(21-18)15-9-5-3-6-10-15/h3,5-6,9-10H,4,7-8,11-14H2,1-2H3. The van der Waals surface area contributed by atoms with E-state index in [2.05, 4.69) is 26.0 Å². The largest absolute Gasteiger partial charge is 0.332 e. The van der Waals surface area contributed by atoms with Crippen molar-refractivity contribution in [3.05, 3.63) is 47.3 Å². The quantitative estimate of drug-likeness (QED) is 0.789. The molecule has 1 amide bonds. The molecular weight excluding hydrogens is 298 g/mol. The minimum Gasteiger partial charge on any atom is -0.332 e. The lowest BCUT2D eigenvalue weighted by atomic mass is 9.88. The molecule has 0 unspecified atom stereocenters. The van der Waals surface area contributed by atoms with E-state index in [9.17, 15) is 4.79 Å². The van der Waals surface area contributed by atoms with Crippen molar-refractivity contribution < 1.29 is 4.79 Å². The second kappa shape index (κ2) is 5.76. The van der Waals surface area contributed by atoms with Gasteiger partial charge in [-0.3, -0.25) is 4.79 Å². The summed E-state index contributed by atoms with van der Waals surface area (Å²) in [6.45, 7) is 5.13. The van der Waals surface area contributed by atoms with Crippen LogP contribution in [0.4, 0.5) is 0 Å². The molecule has 126 valence electrons. The zero-order valence-electron chi connectivity index (χ0n) is 14.6. The van der Waals surface area contributed by atoms with Crippen LogP contribution in [0.2, 0.25) is 0 Å². The van der Waals surface area contributed by atoms with Gasteiger partial charge in [0.1, 0.15) is 0 Å². The highest BCUT2D eigenvalue weighted by Gasteiger charge is 2.41. The summed E-state index contributed by atoms with van der Waals surface area (Å²) in [4.78, 5) is 15.1. The molecule has 1 aromatic heterocycles. The molecule has 0 N–H and O–H groups in total. The van der Waals surface area contributed by atoms with Gasteiger partial charge in [0.25, 0.3) is 5.91 Å². The van der Waals surface area contributed by atoms with E-state index in [0.717, 1.165) is 37.9 Å². The van der Waals surface area contributed by atoms with E-state index in [1.165, 1.54) is 24.1 Å². The number of fused-ring (bicyclic) bond motifs is 1. The fourth-order valence-electron chi connectivity index (χ4n) is 3.91. The van der Waals surface area contributed by atoms with Crippen LogP contribution in [0.5, 0.6) is 0 Å². The Bertz CT molecular complexity index is 761. The first kappa shape index (κ1) is 15.4. The van der Waals surface area contributed by atoms with Gasteiger partial charge in [-0.1, -0.05) is 24.6 Å². The number of aromatic nitrogens is 2. The third-order valence-corrected chi connectivity index (χ3v) is 5.56. The van der Waals surface area contributed by atoms with Crippen molar-refractivity contribution in [2.24, 2.45) is 0 Å². The van der Waals surface area contributed by atoms with Crippen molar-refractivity contribution in [2.45, 2.75) is 57.9 Å². The summed E-state index contributed by atoms with van der Waals surface area (Å²) >= 11 is 0. The molecule has 1 fully saturated rings. The summed E-state index contributed by atoms with van der Waals surface area (Å²) in [7, 11) is 0. The Kier molecular flexibility index (Phi) is 3.70. The van der Waals surface area contributed by atoms with Crippen molar-refractivity contribution in [3.8, 4) is 5.69 Å². The van der Waals surface area contributed by atoms with E-state index in [1.54, 1.807) is 0 Å². The van der Waals surface area contributed by atoms with Crippen LogP contribution < -0.4 is 0 Å². The highest BCUT2D eigenvalue weighted by Crippen LogP contribution is 2.33. The maximum absolute atomic E-state index is 13.1. The molecular formula is C20H25N3O. The van der Waals surface area contributed by atoms with Crippen LogP contribution in [0, 0.1) is 0 Å². The number of carbonyl (C=O) groups is 1. The van der Waals surface area contributed by atoms with Gasteiger partial charge in [-0.15, -0.1) is 0 Å². The predicted molar refractivity (Wildman–Crippen MR) is 94.6 cm³/mol. The fourth-order valence-corrected chi connectivity index (χ4v) is 3.91. The second-order valence-electron chi connectivity index (χ2n) is 7.60. The number of hydrogen-bond donors (Lipinski definition) is 0. The Hall–Kier alpha value is -2.10. The fraction of sp³-hybridized carbons (Fsp3) is 0.500. The number of para-hydroxylation sites is 1. The molecule has 1 saturated heterocycles. The zero-order valence-corrected chi connectivity index (χ0v) is 14.6. The molecule has 0 atom stereocenters. The first-order valence-corrected chi connectivity index (χ1v) is 9.06. The minimum absolute atomic E-state index is 0.0365. The lowest BCUT2D eigenvalue weighted by Crippen LogP contribution is -2.58. The number of likely N-dealkylation sites (tertiary alicyclic amines) is 1. The lowest BCUT2D eigenvalue weighted by molar-refractivity contribution is 0.0150. The predicted octanol–water partition coefficient (Wildman–Crippen LogP) is 3.77. The van der Waals surface area contributed by atoms with Gasteiger partial charge in [-0.25, -0.2) is 4.68 Å². The molecule has 0 radical (unpaired) electrons. The van der Waals surface area contributed by atoms with E-state index < -0.39 is 0 Å². The van der Waals surface area contributed by atoms with E-state index >= 15 is 0 Å². The van der Waals surface area contributed by atoms with Gasteiger partial charge in [0.15, 0.2) is 5.69 Å². The van der Waals surface area contributed by atoms with Crippen molar-refractivity contribution in [2.75, 3.05) is 6.54 Å². The van der Waals surface area contributed by atoms with Crippen molar-refractivity contribution in [1.82, 2.24) is 14.7 Å². The zero-order chi connectivity index (χ0) is 16.7. The third kappa shape index (κ3) is 2.45. The average molecular weight is 323 g/mol. The van der Waals surface area contributed by atoms with Crippen molar-refractivity contribution in [3.63, 3.8) is 0 Å². The smallest absolute Gasteiger partial charge is 0.275 e. The summed E-state index contributed by atoms with van der Waals surface area (Å²) in [5, 5.41) is 4.80. The van der Waals surface area contributed by atoms with E-state index in [-0.39, 0.29) is 11.4 Å². The number of benzene rings is 1. The molecule has 4 nitrogen and oxygen atoms in total. The first-order valence-electron chi connectivity index (χ1n) is 9.06. The lowest BCUT2D eigenvalue weighted by Gasteiger charge is -2.48. The Morgan fingerprint density at radius 2 is 1.83 bits per heavy atom. The van der Waals surface area contributed by atoms with Crippen LogP contribution in [-0.2, 0) is 12.8 Å². The first-order chi connectivity index (χ1) is 11.6. The summed E-state index contributed by atoms with van der Waals surface area (Å²) in [5.41, 5.74) is 4.12. The molecule has 0 spiro atoms. The summed E-state index contributed by atoms with van der Waals surface area (Å²) in [6, 6.07) is 10.2. The number of amides is 1. The van der Waals surface area contributed by atoms with E-state index in [1.807, 2.05) is 27.8 Å². The van der Waals surface area contributed by atoms with Gasteiger partial charge < -0.3 is 4.90 Å². The normalized spacial score (nSPS) is 19.3. The van der Waals surface area contributed by atoms with E-state index in [4.69, 9.17) is 5.10 Å². The topological polar surface area (TPSA) is 38.1 Å². The van der Waals surface area contributed by atoms with Gasteiger partial charge in [-0.05, 0) is 58.1 Å². The van der Waals surface area contributed by atoms with Gasteiger partial charge in [0.05, 0.1) is 5.69 Å². The molecule has 24 heavy (non-hydrogen) atoms. The molecule has 1 aliphatic carbocycles. The van der Waals surface area contributed by atoms with Crippen LogP contribution >= 0.6 is 0 Å². The molecule has 1 aliphatic heterocycles. The SMILES string of the molecule is CC1(C)CCN1C(=O)c1nn(-c2ccccc2)c2c1CCCCC2. The molecule has 2 heterocycles. The molecule has 2 aliphatic rings. The maximum Gasteiger partial charge on any atom is 0.275 e. The number of nitrogens with zero attached hydrogens (tertiary/aromatic N) is 3. The summed E-state index contributed by atoms with van der Waals surface area (Å²) in [6.07, 6.45) is 6.60. The van der Waals surface area contributed by atoms with Crippen LogP contribution in [0.15, 0.2) is 30.3 Å². The Balaban J connectivity index is 1.80. The van der Waals surface area contributed by atoms with Gasteiger partial charge in [-0.2, -0.15) is 5.10 Å². The molecule has 0 saturated carbocycles. The Morgan fingerprint density at radius 1 is 1.08 bits per heavy atom. The van der Waals surface area contributed by atoms with Crippen LogP contribution in [-0.4, -0.2) is 32.7 Å². The number of rotatable bonds is 2. The molecule has 2 aromatic rings. The summed E-state index contributed by atoms with van der Waals surface area (Å²) in [5.74, 6) is 0.110. The molecule has 1 aromatic carbocycles. The van der Waals surface area contributed by atoms with Gasteiger partial charge in [0, 0.05) is 23.3 Å². The molecule has 4 heteroatoms. The van der Waals surface area contributed by atoms with Crippen molar-refractivity contribution in [1.29, 1.82) is 0 Å². The Morgan fingerprint density at radius 3 is 2.50 bits per heavy atom. The second-order valence-corrected chi connectivity index (χ2v) is 7.60. The number of hydrogen-bond acceptors (Lipinski definition) is 2. The van der Waals surface area contributed by atoms with E-state index in [0.29, 0.717) is 5.69 Å². The number of carbonyl (C=O) groups excluding carboxylic acids is 1. The average Bonchev–Trinajstić information content (AvgIpc) is 2.76. The maximum atomic E-state index is 13.1. The highest BCUT2D eigenvalue weighted by atomic mass is 16.2. The Labute approximate surface area is 143 Å². The summed E-state index contributed by atoms with van der Waals surface area (Å²) < 4.78 is 2.01. The van der Waals surface area contributed by atoms with Gasteiger partial charge in [0.2, 0.25) is 0 Å². The van der Waals surface area contributed by atoms with Crippen LogP contribution in [0.25, 0.3) is 5.69 Å². The van der Waals surface area contributed by atoms with Gasteiger partial charge >= 0.3 is 0 Å². The molecule has 0 bridgehead atoms. The van der Waals surface area contributed by atoms with Crippen molar-refractivity contribution >= 4 is 5.91 Å². The molecule has 4 rings (SSSR count).